The van der Waals surface area contributed by atoms with Crippen LogP contribution in [0.4, 0.5) is 0 Å². The first-order valence-corrected chi connectivity index (χ1v) is 1.40. The molecule has 0 spiro atoms. The van der Waals surface area contributed by atoms with Gasteiger partial charge in [0.2, 0.25) is 0 Å². The summed E-state index contributed by atoms with van der Waals surface area (Å²) in [6, 6.07) is -0.00463. The molecule has 0 aromatic heterocycles. The van der Waals surface area contributed by atoms with Gasteiger partial charge >= 0.3 is 6.02 Å². The summed E-state index contributed by atoms with van der Waals surface area (Å²) in [7, 11) is 1.49. The molecule has 0 rings (SSSR count). The zero-order valence-electron chi connectivity index (χ0n) is 3.51. The van der Waals surface area contributed by atoms with Crippen LogP contribution in [0.3, 0.4) is 0 Å². The first-order valence-electron chi connectivity index (χ1n) is 1.40. The smallest absolute Gasteiger partial charge is 0.301 e. The number of nitrogens with zero attached hydrogens (tertiary/aromatic N) is 1. The van der Waals surface area contributed by atoms with Gasteiger partial charge in [0, 0.05) is 7.05 Å². The molecule has 0 fully saturated rings. The highest BCUT2D eigenvalue weighted by Gasteiger charge is 1.76. The van der Waals surface area contributed by atoms with Crippen LogP contribution in [0.15, 0.2) is 4.99 Å². The second-order valence-corrected chi connectivity index (χ2v) is 0.680. The first kappa shape index (κ1) is 5.23. The topological polar surface area (TPSA) is 73.6 Å². The standard InChI is InChI=1S/C2H7N3O/c1-5-2(3)6-4/h4H2,1H3,(H2,3,5). The molecule has 4 N–H and O–H groups in total. The van der Waals surface area contributed by atoms with Crippen molar-refractivity contribution in [2.75, 3.05) is 7.05 Å². The second-order valence-electron chi connectivity index (χ2n) is 0.680. The Kier molecular flexibility index (Phi) is 2.15. The fraction of sp³-hybridized carbons (Fsp3) is 0.500. The minimum Gasteiger partial charge on any atom is -0.374 e. The van der Waals surface area contributed by atoms with Crippen molar-refractivity contribution in [3.05, 3.63) is 0 Å². The van der Waals surface area contributed by atoms with E-state index in [4.69, 9.17) is 5.73 Å². The van der Waals surface area contributed by atoms with Crippen LogP contribution in [0.2, 0.25) is 0 Å². The summed E-state index contributed by atoms with van der Waals surface area (Å²) >= 11 is 0. The predicted octanol–water partition coefficient (Wildman–Crippen LogP) is -1.18. The van der Waals surface area contributed by atoms with Crippen molar-refractivity contribution in [2.45, 2.75) is 0 Å². The largest absolute Gasteiger partial charge is 0.374 e. The Morgan fingerprint density at radius 1 is 1.83 bits per heavy atom. The van der Waals surface area contributed by atoms with Crippen LogP contribution >= 0.6 is 0 Å². The summed E-state index contributed by atoms with van der Waals surface area (Å²) < 4.78 is 0. The lowest BCUT2D eigenvalue weighted by Crippen LogP contribution is -2.19. The van der Waals surface area contributed by atoms with Gasteiger partial charge in [-0.3, -0.25) is 0 Å². The fourth-order valence-corrected chi connectivity index (χ4v) is 0.0527. The van der Waals surface area contributed by atoms with Crippen molar-refractivity contribution in [2.24, 2.45) is 16.6 Å². The molecular formula is C2H7N3O. The quantitative estimate of drug-likeness (QED) is 0.223. The van der Waals surface area contributed by atoms with E-state index in [1.165, 1.54) is 7.05 Å². The molecule has 0 heterocycles. The maximum absolute atomic E-state index is 4.88. The van der Waals surface area contributed by atoms with Gasteiger partial charge in [-0.05, 0) is 0 Å². The van der Waals surface area contributed by atoms with E-state index in [0.717, 1.165) is 0 Å². The number of hydrogen-bond acceptors (Lipinski definition) is 3. The molecule has 0 atom stereocenters. The zero-order chi connectivity index (χ0) is 4.99. The number of rotatable bonds is 0. The van der Waals surface area contributed by atoms with Crippen LogP contribution in [-0.2, 0) is 4.84 Å². The highest BCUT2D eigenvalue weighted by molar-refractivity contribution is 5.70. The number of nitrogens with two attached hydrogens (primary N) is 2. The maximum Gasteiger partial charge on any atom is 0.301 e. The third-order valence-electron chi connectivity index (χ3n) is 0.341. The second kappa shape index (κ2) is 2.47. The van der Waals surface area contributed by atoms with E-state index >= 15 is 0 Å². The Morgan fingerprint density at radius 2 is 2.33 bits per heavy atom. The van der Waals surface area contributed by atoms with Gasteiger partial charge in [0.15, 0.2) is 0 Å². The van der Waals surface area contributed by atoms with E-state index in [-0.39, 0.29) is 6.02 Å². The van der Waals surface area contributed by atoms with E-state index in [1.807, 2.05) is 0 Å². The van der Waals surface area contributed by atoms with Gasteiger partial charge in [-0.2, -0.15) is 5.90 Å². The molecule has 0 aliphatic rings. The van der Waals surface area contributed by atoms with Crippen molar-refractivity contribution < 1.29 is 4.84 Å². The molecule has 0 unspecified atom stereocenters. The van der Waals surface area contributed by atoms with Gasteiger partial charge < -0.3 is 10.6 Å². The van der Waals surface area contributed by atoms with E-state index in [0.29, 0.717) is 0 Å². The summed E-state index contributed by atoms with van der Waals surface area (Å²) in [5.41, 5.74) is 4.88. The van der Waals surface area contributed by atoms with Gasteiger partial charge in [0.25, 0.3) is 0 Å². The van der Waals surface area contributed by atoms with Gasteiger partial charge in [-0.15, -0.1) is 0 Å². The van der Waals surface area contributed by atoms with Crippen LogP contribution in [0, 0.1) is 0 Å². The predicted molar refractivity (Wildman–Crippen MR) is 22.8 cm³/mol. The Balaban J connectivity index is 3.22. The molecule has 0 saturated carbocycles. The van der Waals surface area contributed by atoms with Gasteiger partial charge in [-0.25, -0.2) is 4.99 Å². The van der Waals surface area contributed by atoms with Crippen molar-refractivity contribution in [3.8, 4) is 0 Å². The van der Waals surface area contributed by atoms with Crippen molar-refractivity contribution in [1.29, 1.82) is 0 Å². The maximum atomic E-state index is 4.88. The molecular weight excluding hydrogens is 82.0 g/mol. The Labute approximate surface area is 35.7 Å². The third-order valence-corrected chi connectivity index (χ3v) is 0.341. The molecule has 0 aliphatic heterocycles. The van der Waals surface area contributed by atoms with E-state index in [1.54, 1.807) is 0 Å². The van der Waals surface area contributed by atoms with Crippen molar-refractivity contribution in [1.82, 2.24) is 0 Å². The Bertz CT molecular complexity index is 59.8. The SMILES string of the molecule is CN=C(N)ON. The van der Waals surface area contributed by atoms with Gasteiger partial charge in [-0.1, -0.05) is 0 Å². The van der Waals surface area contributed by atoms with Crippen LogP contribution in [0.1, 0.15) is 0 Å². The molecule has 36 valence electrons. The van der Waals surface area contributed by atoms with Crippen LogP contribution in [-0.4, -0.2) is 13.1 Å². The highest BCUT2D eigenvalue weighted by Crippen LogP contribution is 1.55. The summed E-state index contributed by atoms with van der Waals surface area (Å²) in [6.07, 6.45) is 0. The number of amidine groups is 1. The fourth-order valence-electron chi connectivity index (χ4n) is 0.0527. The van der Waals surface area contributed by atoms with Crippen LogP contribution in [0.5, 0.6) is 0 Å². The normalized spacial score (nSPS) is 11.3. The minimum absolute atomic E-state index is 0.00463. The molecule has 0 amide bonds. The first-order chi connectivity index (χ1) is 2.81. The lowest BCUT2D eigenvalue weighted by molar-refractivity contribution is 0.315. The highest BCUT2D eigenvalue weighted by atomic mass is 16.6. The molecule has 0 aromatic rings. The number of aliphatic imine (C=N–C) groups is 1. The van der Waals surface area contributed by atoms with Crippen molar-refractivity contribution >= 4 is 6.02 Å². The average Bonchev–Trinajstić information content (AvgIpc) is 1.65. The molecule has 0 radical (unpaired) electrons. The van der Waals surface area contributed by atoms with Crippen LogP contribution < -0.4 is 11.6 Å². The summed E-state index contributed by atoms with van der Waals surface area (Å²) in [4.78, 5) is 7.28. The summed E-state index contributed by atoms with van der Waals surface area (Å²) in [6.45, 7) is 0. The van der Waals surface area contributed by atoms with Crippen molar-refractivity contribution in [3.63, 3.8) is 0 Å². The van der Waals surface area contributed by atoms with E-state index < -0.39 is 0 Å². The molecule has 4 heteroatoms. The van der Waals surface area contributed by atoms with Gasteiger partial charge in [0.1, 0.15) is 0 Å². The number of hydrogen-bond donors (Lipinski definition) is 2. The zero-order valence-corrected chi connectivity index (χ0v) is 3.51. The van der Waals surface area contributed by atoms with E-state index in [2.05, 4.69) is 15.7 Å². The molecule has 6 heavy (non-hydrogen) atoms. The molecule has 0 aliphatic carbocycles. The lowest BCUT2D eigenvalue weighted by atomic mass is 11.1. The minimum atomic E-state index is -0.00463. The summed E-state index contributed by atoms with van der Waals surface area (Å²) in [5, 5.41) is 0. The van der Waals surface area contributed by atoms with Gasteiger partial charge in [0.05, 0.1) is 0 Å². The Morgan fingerprint density at radius 3 is 2.33 bits per heavy atom. The molecule has 0 bridgehead atoms. The lowest BCUT2D eigenvalue weighted by Gasteiger charge is -1.88. The Hall–Kier alpha value is -0.770. The third kappa shape index (κ3) is 1.54. The summed E-state index contributed by atoms with van der Waals surface area (Å²) in [5.74, 6) is 4.53. The van der Waals surface area contributed by atoms with Crippen LogP contribution in [0.25, 0.3) is 0 Å². The molecule has 4 nitrogen and oxygen atoms in total. The molecule has 0 saturated heterocycles. The van der Waals surface area contributed by atoms with E-state index in [9.17, 15) is 0 Å². The average molecular weight is 89.1 g/mol. The molecule has 0 aromatic carbocycles. The monoisotopic (exact) mass is 89.1 g/mol.